The van der Waals surface area contributed by atoms with Gasteiger partial charge in [-0.15, -0.1) is 0 Å². The van der Waals surface area contributed by atoms with Crippen LogP contribution in [0.3, 0.4) is 0 Å². The topological polar surface area (TPSA) is 100 Å². The van der Waals surface area contributed by atoms with Crippen LogP contribution in [0.4, 0.5) is 4.79 Å². The number of carbonyl (C=O) groups excluding carboxylic acids is 3. The zero-order valence-electron chi connectivity index (χ0n) is 14.7. The number of nitrogens with one attached hydrogen (secondary N) is 1. The fraction of sp³-hybridized carbons (Fsp3) is 0.353. The van der Waals surface area contributed by atoms with Gasteiger partial charge in [0.2, 0.25) is 0 Å². The summed E-state index contributed by atoms with van der Waals surface area (Å²) in [4.78, 5) is 43.1. The van der Waals surface area contributed by atoms with Crippen molar-refractivity contribution in [2.75, 3.05) is 19.6 Å². The van der Waals surface area contributed by atoms with E-state index in [4.69, 9.17) is 0 Å². The van der Waals surface area contributed by atoms with Crippen LogP contribution in [-0.4, -0.2) is 62.0 Å². The fourth-order valence-corrected chi connectivity index (χ4v) is 2.82. The van der Waals surface area contributed by atoms with Gasteiger partial charge in [0.15, 0.2) is 0 Å². The molecular formula is C17H20N6O3. The van der Waals surface area contributed by atoms with Crippen molar-refractivity contribution in [3.05, 3.63) is 36.3 Å². The predicted molar refractivity (Wildman–Crippen MR) is 92.6 cm³/mol. The first kappa shape index (κ1) is 17.6. The number of carbonyl (C=O) groups is 3. The SMILES string of the molecule is CCN1CCN(C(=O)NCc2cccnc2-c2cnn(C)c2)C(=O)C1=O. The van der Waals surface area contributed by atoms with Gasteiger partial charge in [0, 0.05) is 51.2 Å². The van der Waals surface area contributed by atoms with E-state index in [9.17, 15) is 14.4 Å². The molecule has 4 amide bonds. The minimum Gasteiger partial charge on any atom is -0.333 e. The highest BCUT2D eigenvalue weighted by Crippen LogP contribution is 2.20. The normalized spacial score (nSPS) is 14.7. The lowest BCUT2D eigenvalue weighted by molar-refractivity contribution is -0.153. The summed E-state index contributed by atoms with van der Waals surface area (Å²) < 4.78 is 1.67. The maximum atomic E-state index is 12.4. The van der Waals surface area contributed by atoms with Crippen LogP contribution in [0.25, 0.3) is 11.3 Å². The first-order valence-electron chi connectivity index (χ1n) is 8.32. The quantitative estimate of drug-likeness (QED) is 0.799. The summed E-state index contributed by atoms with van der Waals surface area (Å²) in [6, 6.07) is 3.04. The Bertz CT molecular complexity index is 847. The molecule has 1 fully saturated rings. The lowest BCUT2D eigenvalue weighted by Crippen LogP contribution is -2.58. The van der Waals surface area contributed by atoms with Crippen molar-refractivity contribution in [1.29, 1.82) is 0 Å². The first-order valence-corrected chi connectivity index (χ1v) is 8.32. The zero-order valence-corrected chi connectivity index (χ0v) is 14.7. The van der Waals surface area contributed by atoms with Gasteiger partial charge in [0.05, 0.1) is 11.9 Å². The van der Waals surface area contributed by atoms with Gasteiger partial charge < -0.3 is 10.2 Å². The minimum absolute atomic E-state index is 0.187. The summed E-state index contributed by atoms with van der Waals surface area (Å²) >= 11 is 0. The van der Waals surface area contributed by atoms with Crippen molar-refractivity contribution in [2.24, 2.45) is 7.05 Å². The van der Waals surface area contributed by atoms with Crippen LogP contribution < -0.4 is 5.32 Å². The third-order valence-corrected chi connectivity index (χ3v) is 4.24. The largest absolute Gasteiger partial charge is 0.333 e. The Balaban J connectivity index is 1.69. The lowest BCUT2D eigenvalue weighted by Gasteiger charge is -2.31. The molecule has 3 rings (SSSR count). The summed E-state index contributed by atoms with van der Waals surface area (Å²) in [5, 5.41) is 6.83. The number of piperazine rings is 1. The molecule has 1 saturated heterocycles. The Morgan fingerprint density at radius 3 is 2.77 bits per heavy atom. The molecule has 0 aliphatic carbocycles. The molecule has 136 valence electrons. The van der Waals surface area contributed by atoms with Crippen molar-refractivity contribution in [3.8, 4) is 11.3 Å². The average Bonchev–Trinajstić information content (AvgIpc) is 3.08. The molecule has 0 saturated carbocycles. The van der Waals surface area contributed by atoms with Crippen molar-refractivity contribution in [2.45, 2.75) is 13.5 Å². The molecule has 1 aliphatic rings. The van der Waals surface area contributed by atoms with Gasteiger partial charge in [-0.1, -0.05) is 6.07 Å². The van der Waals surface area contributed by atoms with Crippen molar-refractivity contribution in [3.63, 3.8) is 0 Å². The van der Waals surface area contributed by atoms with E-state index in [1.807, 2.05) is 19.3 Å². The fourth-order valence-electron chi connectivity index (χ4n) is 2.82. The summed E-state index contributed by atoms with van der Waals surface area (Å²) in [5.74, 6) is -1.44. The molecule has 1 N–H and O–H groups in total. The van der Waals surface area contributed by atoms with E-state index < -0.39 is 17.8 Å². The number of hydrogen-bond acceptors (Lipinski definition) is 5. The predicted octanol–water partition coefficient (Wildman–Crippen LogP) is 0.382. The Labute approximate surface area is 150 Å². The first-order chi connectivity index (χ1) is 12.5. The molecule has 0 bridgehead atoms. The van der Waals surface area contributed by atoms with E-state index in [-0.39, 0.29) is 13.1 Å². The number of aromatic nitrogens is 3. The molecule has 0 unspecified atom stereocenters. The van der Waals surface area contributed by atoms with Gasteiger partial charge in [-0.25, -0.2) is 4.79 Å². The van der Waals surface area contributed by atoms with E-state index >= 15 is 0 Å². The number of amides is 4. The Kier molecular flexibility index (Phi) is 4.97. The minimum atomic E-state index is -0.797. The second kappa shape index (κ2) is 7.34. The Hall–Kier alpha value is -3.23. The molecule has 0 aromatic carbocycles. The van der Waals surface area contributed by atoms with Gasteiger partial charge in [0.25, 0.3) is 0 Å². The molecule has 26 heavy (non-hydrogen) atoms. The summed E-state index contributed by atoms with van der Waals surface area (Å²) in [7, 11) is 1.81. The van der Waals surface area contributed by atoms with Crippen molar-refractivity contribution in [1.82, 2.24) is 29.9 Å². The van der Waals surface area contributed by atoms with Crippen LogP contribution >= 0.6 is 0 Å². The van der Waals surface area contributed by atoms with Crippen LogP contribution in [0.5, 0.6) is 0 Å². The van der Waals surface area contributed by atoms with Crippen LogP contribution in [0.1, 0.15) is 12.5 Å². The van der Waals surface area contributed by atoms with E-state index in [1.54, 1.807) is 30.1 Å². The van der Waals surface area contributed by atoms with Crippen LogP contribution in [-0.2, 0) is 23.2 Å². The van der Waals surface area contributed by atoms with Gasteiger partial charge in [0.1, 0.15) is 0 Å². The number of aryl methyl sites for hydroxylation is 1. The number of hydrogen-bond donors (Lipinski definition) is 1. The molecule has 1 aliphatic heterocycles. The number of nitrogens with zero attached hydrogens (tertiary/aromatic N) is 5. The number of imide groups is 1. The summed E-state index contributed by atoms with van der Waals surface area (Å²) in [6.45, 7) is 2.97. The Morgan fingerprint density at radius 1 is 1.27 bits per heavy atom. The highest BCUT2D eigenvalue weighted by atomic mass is 16.2. The number of likely N-dealkylation sites (N-methyl/N-ethyl adjacent to an activating group) is 1. The molecule has 2 aromatic rings. The van der Waals surface area contributed by atoms with Crippen LogP contribution in [0.2, 0.25) is 0 Å². The lowest BCUT2D eigenvalue weighted by atomic mass is 10.1. The second-order valence-corrected chi connectivity index (χ2v) is 5.91. The molecule has 9 heteroatoms. The molecule has 0 atom stereocenters. The number of rotatable bonds is 4. The molecule has 9 nitrogen and oxygen atoms in total. The molecular weight excluding hydrogens is 336 g/mol. The van der Waals surface area contributed by atoms with Gasteiger partial charge >= 0.3 is 17.8 Å². The standard InChI is InChI=1S/C17H20N6O3/c1-3-22-7-8-23(16(25)15(22)24)17(26)19-9-12-5-4-6-18-14(12)13-10-20-21(2)11-13/h4-6,10-11H,3,7-9H2,1-2H3,(H,19,26). The van der Waals surface area contributed by atoms with Crippen molar-refractivity contribution >= 4 is 17.8 Å². The smallest absolute Gasteiger partial charge is 0.324 e. The number of pyridine rings is 1. The summed E-state index contributed by atoms with van der Waals surface area (Å²) in [6.07, 6.45) is 5.19. The van der Waals surface area contributed by atoms with E-state index in [1.165, 1.54) is 4.90 Å². The van der Waals surface area contributed by atoms with Gasteiger partial charge in [-0.3, -0.25) is 24.2 Å². The molecule has 0 spiro atoms. The second-order valence-electron chi connectivity index (χ2n) is 5.91. The van der Waals surface area contributed by atoms with E-state index in [0.29, 0.717) is 18.8 Å². The monoisotopic (exact) mass is 356 g/mol. The Morgan fingerprint density at radius 2 is 2.08 bits per heavy atom. The van der Waals surface area contributed by atoms with Gasteiger partial charge in [-0.2, -0.15) is 5.10 Å². The molecule has 2 aromatic heterocycles. The molecule has 3 heterocycles. The highest BCUT2D eigenvalue weighted by molar-refractivity contribution is 6.38. The highest BCUT2D eigenvalue weighted by Gasteiger charge is 2.35. The third kappa shape index (κ3) is 3.41. The maximum Gasteiger partial charge on any atom is 0.324 e. The zero-order chi connectivity index (χ0) is 18.7. The van der Waals surface area contributed by atoms with Crippen molar-refractivity contribution < 1.29 is 14.4 Å². The van der Waals surface area contributed by atoms with E-state index in [2.05, 4.69) is 15.4 Å². The van der Waals surface area contributed by atoms with Gasteiger partial charge in [-0.05, 0) is 18.6 Å². The summed E-state index contributed by atoms with van der Waals surface area (Å²) in [5.41, 5.74) is 2.33. The van der Waals surface area contributed by atoms with Crippen LogP contribution in [0, 0.1) is 0 Å². The maximum absolute atomic E-state index is 12.4. The van der Waals surface area contributed by atoms with Crippen LogP contribution in [0.15, 0.2) is 30.7 Å². The molecule has 0 radical (unpaired) electrons. The average molecular weight is 356 g/mol. The van der Waals surface area contributed by atoms with E-state index in [0.717, 1.165) is 16.0 Å². The third-order valence-electron chi connectivity index (χ3n) is 4.24. The number of urea groups is 1.